The van der Waals surface area contributed by atoms with Crippen molar-refractivity contribution in [1.29, 1.82) is 0 Å². The Morgan fingerprint density at radius 2 is 1.51 bits per heavy atom. The summed E-state index contributed by atoms with van der Waals surface area (Å²) in [5.41, 5.74) is 5.20. The maximum atomic E-state index is 11.2. The molecule has 0 radical (unpaired) electrons. The largest absolute Gasteiger partial charge is 0.489 e. The number of nitrogens with zero attached hydrogens (tertiary/aromatic N) is 1. The zero-order valence-electron chi connectivity index (χ0n) is 22.4. The maximum absolute atomic E-state index is 11.2. The van der Waals surface area contributed by atoms with Gasteiger partial charge in [-0.3, -0.25) is 0 Å². The van der Waals surface area contributed by atoms with Crippen molar-refractivity contribution in [3.8, 4) is 33.9 Å². The van der Waals surface area contributed by atoms with Crippen LogP contribution in [-0.2, 0) is 13.2 Å². The molecule has 1 N–H and O–H groups in total. The quantitative estimate of drug-likeness (QED) is 0.175. The molecule has 0 fully saturated rings. The summed E-state index contributed by atoms with van der Waals surface area (Å²) in [7, 11) is 0. The van der Waals surface area contributed by atoms with Gasteiger partial charge in [-0.2, -0.15) is 0 Å². The van der Waals surface area contributed by atoms with Gasteiger partial charge >= 0.3 is 5.97 Å². The molecule has 4 aromatic carbocycles. The van der Waals surface area contributed by atoms with E-state index in [1.165, 1.54) is 12.1 Å². The molecule has 41 heavy (non-hydrogen) atoms. The fourth-order valence-corrected chi connectivity index (χ4v) is 5.04. The molecule has 1 aromatic heterocycles. The van der Waals surface area contributed by atoms with E-state index in [1.807, 2.05) is 62.4 Å². The molecule has 0 saturated carbocycles. The molecule has 0 aliphatic rings. The first-order valence-electron chi connectivity index (χ1n) is 13.0. The molecule has 8 heteroatoms. The van der Waals surface area contributed by atoms with Crippen LogP contribution in [0, 0.1) is 0 Å². The fourth-order valence-electron chi connectivity index (χ4n) is 4.46. The monoisotopic (exact) mass is 587 g/mol. The van der Waals surface area contributed by atoms with Crippen molar-refractivity contribution in [2.75, 3.05) is 0 Å². The highest BCUT2D eigenvalue weighted by Gasteiger charge is 2.23. The van der Waals surface area contributed by atoms with Crippen molar-refractivity contribution in [1.82, 2.24) is 5.16 Å². The van der Waals surface area contributed by atoms with E-state index < -0.39 is 5.97 Å². The number of aromatic carboxylic acids is 1. The molecule has 0 bridgehead atoms. The smallest absolute Gasteiger partial charge is 0.335 e. The average Bonchev–Trinajstić information content (AvgIpc) is 3.39. The first kappa shape index (κ1) is 28.3. The Labute approximate surface area is 248 Å². The van der Waals surface area contributed by atoms with E-state index in [4.69, 9.17) is 37.2 Å². The number of ether oxygens (including phenoxy) is 2. The summed E-state index contributed by atoms with van der Waals surface area (Å²) < 4.78 is 17.7. The van der Waals surface area contributed by atoms with Gasteiger partial charge in [0.2, 0.25) is 0 Å². The molecule has 6 nitrogen and oxygen atoms in total. The van der Waals surface area contributed by atoms with Crippen LogP contribution in [0.5, 0.6) is 11.5 Å². The Morgan fingerprint density at radius 3 is 2.22 bits per heavy atom. The highest BCUT2D eigenvalue weighted by Crippen LogP contribution is 2.39. The van der Waals surface area contributed by atoms with Crippen molar-refractivity contribution >= 4 is 29.2 Å². The maximum Gasteiger partial charge on any atom is 0.335 e. The third-order valence-electron chi connectivity index (χ3n) is 6.53. The number of carboxylic acids is 1. The topological polar surface area (TPSA) is 81.8 Å². The predicted molar refractivity (Wildman–Crippen MR) is 160 cm³/mol. The average molecular weight is 588 g/mol. The number of halogens is 2. The van der Waals surface area contributed by atoms with Gasteiger partial charge in [-0.05, 0) is 65.2 Å². The van der Waals surface area contributed by atoms with E-state index >= 15 is 0 Å². The highest BCUT2D eigenvalue weighted by molar-refractivity contribution is 6.39. The predicted octanol–water partition coefficient (Wildman–Crippen LogP) is 9.30. The van der Waals surface area contributed by atoms with Crippen LogP contribution < -0.4 is 9.47 Å². The zero-order chi connectivity index (χ0) is 28.9. The van der Waals surface area contributed by atoms with Crippen LogP contribution >= 0.6 is 23.2 Å². The summed E-state index contributed by atoms with van der Waals surface area (Å²) >= 11 is 12.9. The number of aromatic nitrogens is 1. The van der Waals surface area contributed by atoms with Crippen LogP contribution in [-0.4, -0.2) is 16.2 Å². The SMILES string of the molecule is CC(C)c1onc(-c2c(Cl)cccc2Cl)c1COc1ccc(-c2cccc(COc3cccc(C(=O)O)c3)c2)cc1. The molecule has 0 spiro atoms. The van der Waals surface area contributed by atoms with E-state index in [0.29, 0.717) is 39.4 Å². The number of carboxylic acid groups (broad SMARTS) is 1. The number of benzene rings is 4. The number of rotatable bonds is 10. The molecule has 0 unspecified atom stereocenters. The number of carbonyl (C=O) groups is 1. The van der Waals surface area contributed by atoms with Crippen molar-refractivity contribution in [3.63, 3.8) is 0 Å². The van der Waals surface area contributed by atoms with Gasteiger partial charge in [-0.1, -0.05) is 84.7 Å². The van der Waals surface area contributed by atoms with Gasteiger partial charge in [-0.25, -0.2) is 4.79 Å². The van der Waals surface area contributed by atoms with Crippen molar-refractivity contribution in [3.05, 3.63) is 123 Å². The van der Waals surface area contributed by atoms with Gasteiger partial charge < -0.3 is 19.1 Å². The van der Waals surface area contributed by atoms with Gasteiger partial charge in [0.25, 0.3) is 0 Å². The van der Waals surface area contributed by atoms with Gasteiger partial charge in [-0.15, -0.1) is 0 Å². The van der Waals surface area contributed by atoms with Gasteiger partial charge in [0.05, 0.1) is 21.2 Å². The third-order valence-corrected chi connectivity index (χ3v) is 7.16. The molecule has 0 aliphatic heterocycles. The molecular formula is C33H27Cl2NO5. The van der Waals surface area contributed by atoms with Gasteiger partial charge in [0.15, 0.2) is 0 Å². The van der Waals surface area contributed by atoms with Crippen LogP contribution in [0.3, 0.4) is 0 Å². The first-order chi connectivity index (χ1) is 19.8. The van der Waals surface area contributed by atoms with Crippen molar-refractivity contribution < 1.29 is 23.9 Å². The van der Waals surface area contributed by atoms with E-state index in [9.17, 15) is 9.90 Å². The molecular weight excluding hydrogens is 561 g/mol. The van der Waals surface area contributed by atoms with Crippen LogP contribution in [0.1, 0.15) is 47.0 Å². The van der Waals surface area contributed by atoms with Gasteiger partial charge in [0, 0.05) is 11.5 Å². The van der Waals surface area contributed by atoms with Crippen LogP contribution in [0.25, 0.3) is 22.4 Å². The molecule has 208 valence electrons. The van der Waals surface area contributed by atoms with Crippen LogP contribution in [0.15, 0.2) is 95.5 Å². The van der Waals surface area contributed by atoms with E-state index in [2.05, 4.69) is 5.16 Å². The second-order valence-electron chi connectivity index (χ2n) is 9.76. The van der Waals surface area contributed by atoms with E-state index in [0.717, 1.165) is 28.0 Å². The number of hydrogen-bond donors (Lipinski definition) is 1. The summed E-state index contributed by atoms with van der Waals surface area (Å²) in [5, 5.41) is 14.5. The minimum absolute atomic E-state index is 0.0934. The number of hydrogen-bond acceptors (Lipinski definition) is 5. The Kier molecular flexibility index (Phi) is 8.62. The van der Waals surface area contributed by atoms with E-state index in [-0.39, 0.29) is 18.1 Å². The Morgan fingerprint density at radius 1 is 0.829 bits per heavy atom. The Hall–Kier alpha value is -4.26. The zero-order valence-corrected chi connectivity index (χ0v) is 23.9. The fraction of sp³-hybridized carbons (Fsp3) is 0.152. The lowest BCUT2D eigenvalue weighted by Crippen LogP contribution is -2.01. The molecule has 0 aliphatic carbocycles. The highest BCUT2D eigenvalue weighted by atomic mass is 35.5. The minimum Gasteiger partial charge on any atom is -0.489 e. The lowest BCUT2D eigenvalue weighted by atomic mass is 10.0. The second-order valence-corrected chi connectivity index (χ2v) is 10.6. The standard InChI is InChI=1S/C33H27Cl2NO5/c1-20(2)32-27(31(36-41-32)30-28(34)10-5-11-29(30)35)19-40-25-14-12-22(13-15-25)23-7-3-6-21(16-23)18-39-26-9-4-8-24(17-26)33(37)38/h3-17,20H,18-19H2,1-2H3,(H,37,38). The second kappa shape index (κ2) is 12.5. The molecule has 5 rings (SSSR count). The molecule has 0 amide bonds. The summed E-state index contributed by atoms with van der Waals surface area (Å²) in [6.45, 7) is 4.61. The lowest BCUT2D eigenvalue weighted by Gasteiger charge is -2.12. The van der Waals surface area contributed by atoms with Gasteiger partial charge in [0.1, 0.15) is 36.2 Å². The third kappa shape index (κ3) is 6.56. The molecule has 1 heterocycles. The molecule has 5 aromatic rings. The first-order valence-corrected chi connectivity index (χ1v) is 13.8. The summed E-state index contributed by atoms with van der Waals surface area (Å²) in [6.07, 6.45) is 0. The van der Waals surface area contributed by atoms with Crippen LogP contribution in [0.4, 0.5) is 0 Å². The molecule has 0 saturated heterocycles. The Bertz CT molecular complexity index is 1660. The normalized spacial score (nSPS) is 11.0. The minimum atomic E-state index is -0.989. The van der Waals surface area contributed by atoms with E-state index in [1.54, 1.807) is 30.3 Å². The van der Waals surface area contributed by atoms with Crippen molar-refractivity contribution in [2.45, 2.75) is 33.0 Å². The lowest BCUT2D eigenvalue weighted by molar-refractivity contribution is 0.0696. The summed E-state index contributed by atoms with van der Waals surface area (Å²) in [4.78, 5) is 11.2. The summed E-state index contributed by atoms with van der Waals surface area (Å²) in [6, 6.07) is 27.6. The summed E-state index contributed by atoms with van der Waals surface area (Å²) in [5.74, 6) is 1.03. The van der Waals surface area contributed by atoms with Crippen molar-refractivity contribution in [2.24, 2.45) is 0 Å². The Balaban J connectivity index is 1.29. The van der Waals surface area contributed by atoms with Crippen LogP contribution in [0.2, 0.25) is 10.0 Å². The molecule has 0 atom stereocenters.